The maximum atomic E-state index is 12.5. The molecule has 9 heteroatoms. The third-order valence-electron chi connectivity index (χ3n) is 5.52. The molecular weight excluding hydrogens is 370 g/mol. The number of fused-ring (bicyclic) bond motifs is 3. The highest BCUT2D eigenvalue weighted by atomic mass is 16.7. The maximum Gasteiger partial charge on any atom is 0.255 e. The van der Waals surface area contributed by atoms with Crippen LogP contribution in [0.4, 0.5) is 0 Å². The smallest absolute Gasteiger partial charge is 0.255 e. The number of nitrogens with two attached hydrogens (primary N) is 1. The van der Waals surface area contributed by atoms with E-state index in [0.29, 0.717) is 0 Å². The van der Waals surface area contributed by atoms with Crippen molar-refractivity contribution >= 4 is 17.5 Å². The Labute approximate surface area is 160 Å². The lowest BCUT2D eigenvalue weighted by Gasteiger charge is -2.43. The number of phenolic OH excluding ortho intramolecular Hbond substituents is 2. The zero-order valence-corrected chi connectivity index (χ0v) is 15.9. The third-order valence-corrected chi connectivity index (χ3v) is 5.52. The van der Waals surface area contributed by atoms with E-state index in [-0.39, 0.29) is 29.0 Å². The number of rotatable bonds is 4. The van der Waals surface area contributed by atoms with E-state index in [0.717, 1.165) is 6.92 Å². The van der Waals surface area contributed by atoms with Gasteiger partial charge in [0.1, 0.15) is 39.6 Å². The van der Waals surface area contributed by atoms with Crippen molar-refractivity contribution in [3.63, 3.8) is 0 Å². The molecule has 1 aliphatic carbocycles. The van der Waals surface area contributed by atoms with E-state index in [1.807, 2.05) is 0 Å². The zero-order chi connectivity index (χ0) is 21.2. The van der Waals surface area contributed by atoms with Crippen molar-refractivity contribution in [1.29, 1.82) is 0 Å². The van der Waals surface area contributed by atoms with Gasteiger partial charge in [-0.1, -0.05) is 0 Å². The minimum absolute atomic E-state index is 0.0407. The number of primary amides is 1. The topological polar surface area (TPSA) is 156 Å². The van der Waals surface area contributed by atoms with Crippen molar-refractivity contribution in [2.24, 2.45) is 5.73 Å². The Kier molecular flexibility index (Phi) is 4.19. The molecule has 0 radical (unpaired) electrons. The highest BCUT2D eigenvalue weighted by Crippen LogP contribution is 2.62. The Morgan fingerprint density at radius 1 is 1.25 bits per heavy atom. The first-order valence-electron chi connectivity index (χ1n) is 8.64. The number of hydrogen-bond donors (Lipinski definition) is 4. The first-order chi connectivity index (χ1) is 12.9. The van der Waals surface area contributed by atoms with Gasteiger partial charge in [-0.2, -0.15) is 0 Å². The van der Waals surface area contributed by atoms with Gasteiger partial charge in [-0.25, -0.2) is 0 Å². The number of phenols is 2. The minimum atomic E-state index is -1.80. The molecule has 5 N–H and O–H groups in total. The number of hydrogen-bond acceptors (Lipinski definition) is 8. The van der Waals surface area contributed by atoms with Gasteiger partial charge in [0, 0.05) is 12.2 Å². The molecule has 1 aliphatic heterocycles. The number of aliphatic hydroxyl groups is 1. The van der Waals surface area contributed by atoms with Gasteiger partial charge in [-0.05, 0) is 27.7 Å². The van der Waals surface area contributed by atoms with Crippen LogP contribution in [0.5, 0.6) is 17.2 Å². The van der Waals surface area contributed by atoms with Gasteiger partial charge in [-0.15, -0.1) is 0 Å². The first kappa shape index (κ1) is 19.7. The lowest BCUT2D eigenvalue weighted by atomic mass is 9.66. The number of aromatic hydroxyl groups is 2. The van der Waals surface area contributed by atoms with Crippen LogP contribution in [0.3, 0.4) is 0 Å². The van der Waals surface area contributed by atoms with Crippen molar-refractivity contribution in [3.8, 4) is 17.2 Å². The van der Waals surface area contributed by atoms with E-state index in [2.05, 4.69) is 0 Å². The number of amides is 1. The molecule has 150 valence electrons. The Morgan fingerprint density at radius 2 is 1.86 bits per heavy atom. The van der Waals surface area contributed by atoms with Crippen LogP contribution < -0.4 is 10.5 Å². The molecule has 1 amide bonds. The number of benzene rings is 1. The normalized spacial score (nSPS) is 25.9. The van der Waals surface area contributed by atoms with Gasteiger partial charge in [0.25, 0.3) is 5.91 Å². The second-order valence-electron chi connectivity index (χ2n) is 7.06. The fourth-order valence-electron chi connectivity index (χ4n) is 4.12. The van der Waals surface area contributed by atoms with Crippen LogP contribution in [-0.4, -0.2) is 45.2 Å². The van der Waals surface area contributed by atoms with Crippen LogP contribution in [0.2, 0.25) is 0 Å². The molecule has 9 nitrogen and oxygen atoms in total. The van der Waals surface area contributed by atoms with Crippen molar-refractivity contribution in [2.75, 3.05) is 6.61 Å². The van der Waals surface area contributed by atoms with E-state index in [1.165, 1.54) is 13.8 Å². The predicted octanol–water partition coefficient (Wildman–Crippen LogP) is 1.26. The highest BCUT2D eigenvalue weighted by Gasteiger charge is 2.68. The van der Waals surface area contributed by atoms with Crippen LogP contribution in [0.1, 0.15) is 48.7 Å². The molecule has 1 heterocycles. The monoisotopic (exact) mass is 391 g/mol. The molecule has 2 aliphatic rings. The number of carbonyl (C=O) groups excluding carboxylic acids is 3. The summed E-state index contributed by atoms with van der Waals surface area (Å²) in [6, 6.07) is 0. The summed E-state index contributed by atoms with van der Waals surface area (Å²) < 4.78 is 11.6. The molecule has 0 saturated carbocycles. The van der Waals surface area contributed by atoms with Crippen LogP contribution in [0.15, 0.2) is 11.3 Å². The minimum Gasteiger partial charge on any atom is -0.510 e. The summed E-state index contributed by atoms with van der Waals surface area (Å²) in [6.45, 7) is 5.74. The van der Waals surface area contributed by atoms with Gasteiger partial charge < -0.3 is 30.5 Å². The van der Waals surface area contributed by atoms with Crippen molar-refractivity contribution < 1.29 is 39.2 Å². The molecule has 28 heavy (non-hydrogen) atoms. The van der Waals surface area contributed by atoms with E-state index < -0.39 is 57.9 Å². The summed E-state index contributed by atoms with van der Waals surface area (Å²) in [4.78, 5) is 36.4. The molecule has 0 saturated heterocycles. The Morgan fingerprint density at radius 3 is 2.36 bits per heavy atom. The average Bonchev–Trinajstić information content (AvgIpc) is 2.83. The molecule has 3 rings (SSSR count). The standard InChI is InChI=1S/C19H21NO8/c1-5-27-19-6-9(22)11(17(20)26)16(25)18(19,4)12-14(24)10(8(3)21)13(23)7(2)15(12)28-19/h23-25H,5-6H2,1-4H3,(H2,20,26)/t18-,19+/m0/s1. The van der Waals surface area contributed by atoms with E-state index in [4.69, 9.17) is 15.2 Å². The largest absolute Gasteiger partial charge is 0.510 e. The van der Waals surface area contributed by atoms with Crippen LogP contribution >= 0.6 is 0 Å². The molecule has 1 aromatic rings. The van der Waals surface area contributed by atoms with Crippen LogP contribution in [-0.2, 0) is 19.7 Å². The molecule has 0 fully saturated rings. The van der Waals surface area contributed by atoms with Crippen LogP contribution in [0.25, 0.3) is 0 Å². The van der Waals surface area contributed by atoms with E-state index in [9.17, 15) is 29.7 Å². The average molecular weight is 391 g/mol. The van der Waals surface area contributed by atoms with Gasteiger partial charge in [0.05, 0.1) is 12.0 Å². The number of ether oxygens (including phenoxy) is 2. The van der Waals surface area contributed by atoms with Gasteiger partial charge >= 0.3 is 0 Å². The summed E-state index contributed by atoms with van der Waals surface area (Å²) in [5, 5.41) is 32.1. The van der Waals surface area contributed by atoms with E-state index >= 15 is 0 Å². The molecule has 0 bridgehead atoms. The number of ketones is 2. The van der Waals surface area contributed by atoms with Gasteiger partial charge in [-0.3, -0.25) is 14.4 Å². The molecule has 0 spiro atoms. The fourth-order valence-corrected chi connectivity index (χ4v) is 4.12. The lowest BCUT2D eigenvalue weighted by Crippen LogP contribution is -2.58. The van der Waals surface area contributed by atoms with E-state index in [1.54, 1.807) is 6.92 Å². The molecule has 0 aromatic heterocycles. The second-order valence-corrected chi connectivity index (χ2v) is 7.06. The number of aliphatic hydroxyl groups excluding tert-OH is 1. The summed E-state index contributed by atoms with van der Waals surface area (Å²) in [7, 11) is 0. The molecule has 1 aromatic carbocycles. The van der Waals surface area contributed by atoms with Gasteiger partial charge in [0.15, 0.2) is 11.6 Å². The molecular formula is C19H21NO8. The summed E-state index contributed by atoms with van der Waals surface area (Å²) in [6.07, 6.45) is -0.469. The second kappa shape index (κ2) is 5.96. The quantitative estimate of drug-likeness (QED) is 0.441. The van der Waals surface area contributed by atoms with Crippen molar-refractivity contribution in [3.05, 3.63) is 28.0 Å². The summed E-state index contributed by atoms with van der Waals surface area (Å²) in [5.41, 5.74) is 2.62. The SMILES string of the molecule is CCO[C@@]12CC(=O)C(C(N)=O)=C(O)[C@]1(C)c1c(O)c(C(C)=O)c(O)c(C)c1O2. The third kappa shape index (κ3) is 2.13. The van der Waals surface area contributed by atoms with Crippen LogP contribution in [0, 0.1) is 6.92 Å². The van der Waals surface area contributed by atoms with Crippen molar-refractivity contribution in [2.45, 2.75) is 45.3 Å². The Balaban J connectivity index is 2.50. The van der Waals surface area contributed by atoms with Crippen molar-refractivity contribution in [1.82, 2.24) is 0 Å². The first-order valence-corrected chi connectivity index (χ1v) is 8.64. The van der Waals surface area contributed by atoms with Gasteiger partial charge in [0.2, 0.25) is 5.79 Å². The Bertz CT molecular complexity index is 979. The predicted molar refractivity (Wildman–Crippen MR) is 95.3 cm³/mol. The zero-order valence-electron chi connectivity index (χ0n) is 15.9. The molecule has 0 unspecified atom stereocenters. The highest BCUT2D eigenvalue weighted by molar-refractivity contribution is 6.20. The lowest BCUT2D eigenvalue weighted by molar-refractivity contribution is -0.212. The molecule has 2 atom stereocenters. The maximum absolute atomic E-state index is 12.5. The number of carbonyl (C=O) groups is 3. The fraction of sp³-hybridized carbons (Fsp3) is 0.421. The number of Topliss-reactive ketones (excluding diaryl/α,β-unsaturated/α-hetero) is 2. The summed E-state index contributed by atoms with van der Waals surface area (Å²) >= 11 is 0. The summed E-state index contributed by atoms with van der Waals surface area (Å²) in [5.74, 6) is -6.21. The Hall–Kier alpha value is -3.07.